The van der Waals surface area contributed by atoms with Gasteiger partial charge in [0.2, 0.25) is 0 Å². The molecule has 3 heterocycles. The Bertz CT molecular complexity index is 1020. The van der Waals surface area contributed by atoms with Crippen molar-refractivity contribution in [3.8, 4) is 11.4 Å². The number of fused-ring (bicyclic) bond motifs is 1. The van der Waals surface area contributed by atoms with Crippen molar-refractivity contribution in [1.29, 1.82) is 0 Å². The number of methoxy groups -OCH3 is 1. The van der Waals surface area contributed by atoms with Crippen LogP contribution in [0.15, 0.2) is 36.7 Å². The van der Waals surface area contributed by atoms with Gasteiger partial charge < -0.3 is 9.64 Å². The Hall–Kier alpha value is -3.09. The number of benzene rings is 1. The molecule has 1 aromatic carbocycles. The highest BCUT2D eigenvalue weighted by molar-refractivity contribution is 5.94. The molecule has 0 unspecified atom stereocenters. The number of hydrogen-bond donors (Lipinski definition) is 1. The van der Waals surface area contributed by atoms with E-state index in [-0.39, 0.29) is 5.91 Å². The van der Waals surface area contributed by atoms with Crippen LogP contribution in [-0.4, -0.2) is 51.0 Å². The molecular formula is C21H23N5O2. The maximum absolute atomic E-state index is 13.1. The highest BCUT2D eigenvalue weighted by atomic mass is 16.5. The number of aromatic nitrogens is 4. The highest BCUT2D eigenvalue weighted by Crippen LogP contribution is 2.41. The first kappa shape index (κ1) is 17.0. The van der Waals surface area contributed by atoms with Gasteiger partial charge in [-0.15, -0.1) is 0 Å². The average Bonchev–Trinajstić information content (AvgIpc) is 3.38. The van der Waals surface area contributed by atoms with Crippen LogP contribution in [-0.2, 0) is 12.8 Å². The molecule has 5 rings (SSSR count). The number of rotatable bonds is 4. The first-order valence-electron chi connectivity index (χ1n) is 9.78. The van der Waals surface area contributed by atoms with E-state index in [9.17, 15) is 4.79 Å². The molecule has 1 N–H and O–H groups in total. The van der Waals surface area contributed by atoms with E-state index in [1.54, 1.807) is 24.2 Å². The summed E-state index contributed by atoms with van der Waals surface area (Å²) >= 11 is 0. The zero-order valence-electron chi connectivity index (χ0n) is 15.9. The quantitative estimate of drug-likeness (QED) is 0.759. The lowest BCUT2D eigenvalue weighted by Crippen LogP contribution is -2.33. The molecule has 1 amide bonds. The molecule has 1 saturated carbocycles. The molecule has 0 saturated heterocycles. The Kier molecular flexibility index (Phi) is 4.15. The number of H-pyrrole nitrogens is 1. The first-order valence-corrected chi connectivity index (χ1v) is 9.78. The molecule has 0 radical (unpaired) electrons. The lowest BCUT2D eigenvalue weighted by atomic mass is 10.1. The maximum Gasteiger partial charge on any atom is 0.257 e. The molecule has 0 spiro atoms. The number of nitrogens with zero attached hydrogens (tertiary/aromatic N) is 4. The fraction of sp³-hybridized carbons (Fsp3) is 0.381. The van der Waals surface area contributed by atoms with Gasteiger partial charge >= 0.3 is 0 Å². The van der Waals surface area contributed by atoms with Gasteiger partial charge in [0.1, 0.15) is 11.4 Å². The number of nitrogens with one attached hydrogen (secondary N) is 1. The highest BCUT2D eigenvalue weighted by Gasteiger charge is 2.32. The van der Waals surface area contributed by atoms with Crippen LogP contribution in [0.5, 0.6) is 5.75 Å². The number of carbonyl (C=O) groups is 1. The summed E-state index contributed by atoms with van der Waals surface area (Å²) in [6, 6.07) is 7.64. The van der Waals surface area contributed by atoms with E-state index >= 15 is 0 Å². The summed E-state index contributed by atoms with van der Waals surface area (Å²) in [6.07, 6.45) is 7.58. The molecule has 144 valence electrons. The smallest absolute Gasteiger partial charge is 0.257 e. The van der Waals surface area contributed by atoms with Gasteiger partial charge in [0, 0.05) is 37.3 Å². The molecule has 1 fully saturated rings. The Morgan fingerprint density at radius 3 is 2.86 bits per heavy atom. The Morgan fingerprint density at radius 2 is 2.04 bits per heavy atom. The lowest BCUT2D eigenvalue weighted by Gasteiger charge is -2.19. The molecule has 1 aliphatic carbocycles. The Balaban J connectivity index is 1.34. The van der Waals surface area contributed by atoms with Crippen LogP contribution < -0.4 is 4.74 Å². The van der Waals surface area contributed by atoms with Gasteiger partial charge in [-0.3, -0.25) is 9.89 Å². The maximum atomic E-state index is 13.1. The van der Waals surface area contributed by atoms with Gasteiger partial charge in [-0.2, -0.15) is 10.2 Å². The monoisotopic (exact) mass is 377 g/mol. The van der Waals surface area contributed by atoms with E-state index in [4.69, 9.17) is 4.74 Å². The van der Waals surface area contributed by atoms with E-state index in [1.165, 1.54) is 29.8 Å². The molecule has 28 heavy (non-hydrogen) atoms. The fourth-order valence-electron chi connectivity index (χ4n) is 3.97. The van der Waals surface area contributed by atoms with Gasteiger partial charge in [0.15, 0.2) is 0 Å². The largest absolute Gasteiger partial charge is 0.494 e. The van der Waals surface area contributed by atoms with E-state index in [0.717, 1.165) is 24.3 Å². The molecule has 7 nitrogen and oxygen atoms in total. The molecule has 3 aromatic rings. The van der Waals surface area contributed by atoms with Gasteiger partial charge in [-0.25, -0.2) is 4.68 Å². The van der Waals surface area contributed by atoms with Crippen LogP contribution in [0.2, 0.25) is 0 Å². The van der Waals surface area contributed by atoms with Crippen LogP contribution >= 0.6 is 0 Å². The van der Waals surface area contributed by atoms with Gasteiger partial charge in [0.05, 0.1) is 24.6 Å². The van der Waals surface area contributed by atoms with E-state index in [0.29, 0.717) is 24.6 Å². The van der Waals surface area contributed by atoms with Crippen molar-refractivity contribution in [2.45, 2.75) is 31.6 Å². The van der Waals surface area contributed by atoms with Crippen LogP contribution in [0.3, 0.4) is 0 Å². The molecule has 7 heteroatoms. The van der Waals surface area contributed by atoms with Crippen molar-refractivity contribution in [1.82, 2.24) is 24.9 Å². The summed E-state index contributed by atoms with van der Waals surface area (Å²) in [5, 5.41) is 12.1. The Labute approximate surface area is 163 Å². The molecule has 1 aliphatic heterocycles. The summed E-state index contributed by atoms with van der Waals surface area (Å²) in [5.74, 6) is 1.37. The number of para-hydroxylation sites is 2. The van der Waals surface area contributed by atoms with Crippen LogP contribution in [0, 0.1) is 0 Å². The summed E-state index contributed by atoms with van der Waals surface area (Å²) in [5.41, 5.74) is 5.17. The second kappa shape index (κ2) is 6.82. The van der Waals surface area contributed by atoms with Crippen molar-refractivity contribution in [3.63, 3.8) is 0 Å². The number of carbonyl (C=O) groups excluding carboxylic acids is 1. The SMILES string of the molecule is COc1ccccc1-n1cc(C(=O)N2CCc3[nH]nc(C4CC4)c3CC2)cn1. The Morgan fingerprint density at radius 1 is 1.21 bits per heavy atom. The third-order valence-electron chi connectivity index (χ3n) is 5.66. The summed E-state index contributed by atoms with van der Waals surface area (Å²) in [7, 11) is 1.63. The molecule has 0 atom stereocenters. The van der Waals surface area contributed by atoms with Gasteiger partial charge in [-0.05, 0) is 37.0 Å². The third kappa shape index (κ3) is 2.96. The van der Waals surface area contributed by atoms with E-state index in [2.05, 4.69) is 15.3 Å². The van der Waals surface area contributed by atoms with Crippen molar-refractivity contribution in [2.75, 3.05) is 20.2 Å². The number of aromatic amines is 1. The summed E-state index contributed by atoms with van der Waals surface area (Å²) < 4.78 is 7.10. The van der Waals surface area contributed by atoms with Crippen molar-refractivity contribution < 1.29 is 9.53 Å². The minimum Gasteiger partial charge on any atom is -0.494 e. The first-order chi connectivity index (χ1) is 13.7. The normalized spacial score (nSPS) is 16.5. The standard InChI is InChI=1S/C21H23N5O2/c1-28-19-5-3-2-4-18(19)26-13-15(12-22-26)21(27)25-10-8-16-17(9-11-25)23-24-20(16)14-6-7-14/h2-5,12-14H,6-11H2,1H3,(H,23,24). The second-order valence-corrected chi connectivity index (χ2v) is 7.48. The number of hydrogen-bond acceptors (Lipinski definition) is 4. The van der Waals surface area contributed by atoms with Gasteiger partial charge in [0.25, 0.3) is 5.91 Å². The summed E-state index contributed by atoms with van der Waals surface area (Å²) in [6.45, 7) is 1.41. The van der Waals surface area contributed by atoms with Crippen molar-refractivity contribution in [2.24, 2.45) is 0 Å². The summed E-state index contributed by atoms with van der Waals surface area (Å²) in [4.78, 5) is 15.0. The predicted octanol–water partition coefficient (Wildman–Crippen LogP) is 2.72. The van der Waals surface area contributed by atoms with E-state index in [1.807, 2.05) is 29.2 Å². The molecule has 0 bridgehead atoms. The van der Waals surface area contributed by atoms with Crippen LogP contribution in [0.25, 0.3) is 5.69 Å². The minimum absolute atomic E-state index is 0.0206. The molecular weight excluding hydrogens is 354 g/mol. The zero-order chi connectivity index (χ0) is 19.1. The topological polar surface area (TPSA) is 76.0 Å². The lowest BCUT2D eigenvalue weighted by molar-refractivity contribution is 0.0762. The number of amides is 1. The van der Waals surface area contributed by atoms with Crippen molar-refractivity contribution in [3.05, 3.63) is 59.2 Å². The van der Waals surface area contributed by atoms with Gasteiger partial charge in [-0.1, -0.05) is 12.1 Å². The number of ether oxygens (including phenoxy) is 1. The molecule has 2 aliphatic rings. The zero-order valence-corrected chi connectivity index (χ0v) is 15.9. The molecule has 2 aromatic heterocycles. The fourth-order valence-corrected chi connectivity index (χ4v) is 3.97. The minimum atomic E-state index is 0.0206. The second-order valence-electron chi connectivity index (χ2n) is 7.48. The van der Waals surface area contributed by atoms with Crippen molar-refractivity contribution >= 4 is 5.91 Å². The third-order valence-corrected chi connectivity index (χ3v) is 5.66. The predicted molar refractivity (Wildman–Crippen MR) is 104 cm³/mol. The van der Waals surface area contributed by atoms with E-state index < -0.39 is 0 Å². The van der Waals surface area contributed by atoms with Crippen LogP contribution in [0.4, 0.5) is 0 Å². The van der Waals surface area contributed by atoms with Crippen LogP contribution in [0.1, 0.15) is 46.1 Å². The average molecular weight is 377 g/mol.